The molecule has 0 aromatic heterocycles. The summed E-state index contributed by atoms with van der Waals surface area (Å²) in [5, 5.41) is 3.79. The van der Waals surface area contributed by atoms with E-state index >= 15 is 0 Å². The lowest BCUT2D eigenvalue weighted by Crippen LogP contribution is -2.39. The van der Waals surface area contributed by atoms with Gasteiger partial charge >= 0.3 is 0 Å². The van der Waals surface area contributed by atoms with Crippen LogP contribution in [0.1, 0.15) is 44.4 Å². The highest BCUT2D eigenvalue weighted by molar-refractivity contribution is 6.31. The molecule has 2 rings (SSSR count). The largest absolute Gasteiger partial charge is 0.497 e. The van der Waals surface area contributed by atoms with Crippen molar-refractivity contribution >= 4 is 17.5 Å². The number of ether oxygens (including phenoxy) is 2. The SMILES string of the molecule is COc1ccc([C@@H](CC(C)C)NC(=O)[C@@H](C)Oc2ccc(Cl)c(C)c2)cc1. The highest BCUT2D eigenvalue weighted by atomic mass is 35.5. The molecule has 2 atom stereocenters. The lowest BCUT2D eigenvalue weighted by atomic mass is 9.96. The van der Waals surface area contributed by atoms with Crippen LogP contribution >= 0.6 is 11.6 Å². The number of hydrogen-bond donors (Lipinski definition) is 1. The van der Waals surface area contributed by atoms with Gasteiger partial charge in [0, 0.05) is 5.02 Å². The summed E-state index contributed by atoms with van der Waals surface area (Å²) in [4.78, 5) is 12.7. The van der Waals surface area contributed by atoms with Crippen molar-refractivity contribution in [3.8, 4) is 11.5 Å². The van der Waals surface area contributed by atoms with Crippen LogP contribution in [-0.2, 0) is 4.79 Å². The molecular weight excluding hydrogens is 362 g/mol. The van der Waals surface area contributed by atoms with Crippen molar-refractivity contribution in [3.05, 3.63) is 58.6 Å². The van der Waals surface area contributed by atoms with Crippen LogP contribution in [0.2, 0.25) is 5.02 Å². The molecule has 0 heterocycles. The van der Waals surface area contributed by atoms with Crippen LogP contribution in [0.15, 0.2) is 42.5 Å². The van der Waals surface area contributed by atoms with Crippen LogP contribution in [0.25, 0.3) is 0 Å². The highest BCUT2D eigenvalue weighted by Crippen LogP contribution is 2.25. The van der Waals surface area contributed by atoms with Gasteiger partial charge in [-0.2, -0.15) is 0 Å². The van der Waals surface area contributed by atoms with Crippen LogP contribution < -0.4 is 14.8 Å². The van der Waals surface area contributed by atoms with Crippen molar-refractivity contribution in [3.63, 3.8) is 0 Å². The summed E-state index contributed by atoms with van der Waals surface area (Å²) in [5.74, 6) is 1.71. The number of carbonyl (C=O) groups excluding carboxylic acids is 1. The van der Waals surface area contributed by atoms with E-state index in [2.05, 4.69) is 19.2 Å². The molecule has 0 spiro atoms. The monoisotopic (exact) mass is 389 g/mol. The van der Waals surface area contributed by atoms with E-state index in [1.807, 2.05) is 37.3 Å². The number of hydrogen-bond acceptors (Lipinski definition) is 3. The Morgan fingerprint density at radius 2 is 1.70 bits per heavy atom. The average Bonchev–Trinajstić information content (AvgIpc) is 2.63. The van der Waals surface area contributed by atoms with Gasteiger partial charge in [0.1, 0.15) is 11.5 Å². The van der Waals surface area contributed by atoms with E-state index in [1.165, 1.54) is 0 Å². The molecule has 0 aliphatic rings. The number of carbonyl (C=O) groups is 1. The van der Waals surface area contributed by atoms with E-state index in [0.29, 0.717) is 16.7 Å². The van der Waals surface area contributed by atoms with E-state index in [9.17, 15) is 4.79 Å². The lowest BCUT2D eigenvalue weighted by Gasteiger charge is -2.24. The summed E-state index contributed by atoms with van der Waals surface area (Å²) < 4.78 is 11.0. The molecule has 0 aliphatic carbocycles. The first-order chi connectivity index (χ1) is 12.8. The second-order valence-corrected chi connectivity index (χ2v) is 7.54. The van der Waals surface area contributed by atoms with Crippen LogP contribution in [0.4, 0.5) is 0 Å². The van der Waals surface area contributed by atoms with Crippen LogP contribution in [-0.4, -0.2) is 19.1 Å². The fourth-order valence-electron chi connectivity index (χ4n) is 2.82. The average molecular weight is 390 g/mol. The quantitative estimate of drug-likeness (QED) is 0.663. The number of amides is 1. The fraction of sp³-hybridized carbons (Fsp3) is 0.409. The number of methoxy groups -OCH3 is 1. The Morgan fingerprint density at radius 1 is 1.07 bits per heavy atom. The van der Waals surface area contributed by atoms with Crippen molar-refractivity contribution in [2.45, 2.75) is 46.3 Å². The summed E-state index contributed by atoms with van der Waals surface area (Å²) >= 11 is 6.04. The first kappa shape index (κ1) is 21.1. The smallest absolute Gasteiger partial charge is 0.261 e. The Balaban J connectivity index is 2.07. The minimum Gasteiger partial charge on any atom is -0.497 e. The molecule has 5 heteroatoms. The molecule has 0 radical (unpaired) electrons. The number of rotatable bonds is 8. The molecule has 1 N–H and O–H groups in total. The summed E-state index contributed by atoms with van der Waals surface area (Å²) in [5.41, 5.74) is 1.96. The molecule has 0 saturated heterocycles. The zero-order valence-electron chi connectivity index (χ0n) is 16.6. The summed E-state index contributed by atoms with van der Waals surface area (Å²) in [7, 11) is 1.64. The molecule has 0 bridgehead atoms. The van der Waals surface area contributed by atoms with Gasteiger partial charge in [0.15, 0.2) is 6.10 Å². The number of benzene rings is 2. The first-order valence-electron chi connectivity index (χ1n) is 9.17. The van der Waals surface area contributed by atoms with Gasteiger partial charge in [-0.3, -0.25) is 4.79 Å². The van der Waals surface area contributed by atoms with Gasteiger partial charge in [0.25, 0.3) is 5.91 Å². The second-order valence-electron chi connectivity index (χ2n) is 7.13. The molecular formula is C22H28ClNO3. The Hall–Kier alpha value is -2.20. The molecule has 4 nitrogen and oxygen atoms in total. The Labute approximate surface area is 166 Å². The van der Waals surface area contributed by atoms with Gasteiger partial charge in [-0.05, 0) is 67.6 Å². The van der Waals surface area contributed by atoms with Gasteiger partial charge in [-0.15, -0.1) is 0 Å². The maximum Gasteiger partial charge on any atom is 0.261 e. The molecule has 0 aliphatic heterocycles. The van der Waals surface area contributed by atoms with Crippen molar-refractivity contribution < 1.29 is 14.3 Å². The minimum atomic E-state index is -0.613. The van der Waals surface area contributed by atoms with E-state index in [1.54, 1.807) is 26.2 Å². The Morgan fingerprint density at radius 3 is 2.26 bits per heavy atom. The summed E-state index contributed by atoms with van der Waals surface area (Å²) in [6, 6.07) is 13.1. The predicted molar refractivity (Wildman–Crippen MR) is 110 cm³/mol. The topological polar surface area (TPSA) is 47.6 Å². The van der Waals surface area contributed by atoms with Gasteiger partial charge in [0.2, 0.25) is 0 Å². The number of aryl methyl sites for hydroxylation is 1. The number of halogens is 1. The van der Waals surface area contributed by atoms with Crippen molar-refractivity contribution in [1.29, 1.82) is 0 Å². The number of nitrogens with one attached hydrogen (secondary N) is 1. The summed E-state index contributed by atoms with van der Waals surface area (Å²) in [6.45, 7) is 7.93. The third-order valence-corrected chi connectivity index (χ3v) is 4.78. The van der Waals surface area contributed by atoms with E-state index in [4.69, 9.17) is 21.1 Å². The third kappa shape index (κ3) is 6.17. The molecule has 27 heavy (non-hydrogen) atoms. The van der Waals surface area contributed by atoms with Crippen LogP contribution in [0.3, 0.4) is 0 Å². The molecule has 0 unspecified atom stereocenters. The van der Waals surface area contributed by atoms with Gasteiger partial charge in [0.05, 0.1) is 13.2 Å². The van der Waals surface area contributed by atoms with Gasteiger partial charge in [-0.1, -0.05) is 37.6 Å². The first-order valence-corrected chi connectivity index (χ1v) is 9.55. The Kier molecular flexibility index (Phi) is 7.55. The zero-order valence-corrected chi connectivity index (χ0v) is 17.3. The third-order valence-electron chi connectivity index (χ3n) is 4.35. The van der Waals surface area contributed by atoms with Gasteiger partial charge in [-0.25, -0.2) is 0 Å². The minimum absolute atomic E-state index is 0.0820. The molecule has 0 saturated carbocycles. The lowest BCUT2D eigenvalue weighted by molar-refractivity contribution is -0.128. The molecule has 1 amide bonds. The van der Waals surface area contributed by atoms with Crippen LogP contribution in [0.5, 0.6) is 11.5 Å². The van der Waals surface area contributed by atoms with Crippen LogP contribution in [0, 0.1) is 12.8 Å². The summed E-state index contributed by atoms with van der Waals surface area (Å²) in [6.07, 6.45) is 0.226. The molecule has 146 valence electrons. The Bertz CT molecular complexity index is 759. The van der Waals surface area contributed by atoms with E-state index in [0.717, 1.165) is 23.3 Å². The van der Waals surface area contributed by atoms with E-state index in [-0.39, 0.29) is 11.9 Å². The zero-order chi connectivity index (χ0) is 20.0. The standard InChI is InChI=1S/C22H28ClNO3/c1-14(2)12-21(17-6-8-18(26-5)9-7-17)24-22(25)16(4)27-19-10-11-20(23)15(3)13-19/h6-11,13-14,16,21H,12H2,1-5H3,(H,24,25)/t16-,21-/m1/s1. The van der Waals surface area contributed by atoms with Gasteiger partial charge < -0.3 is 14.8 Å². The normalized spacial score (nSPS) is 13.1. The van der Waals surface area contributed by atoms with Crippen molar-refractivity contribution in [2.75, 3.05) is 7.11 Å². The maximum atomic E-state index is 12.7. The molecule has 2 aromatic rings. The maximum absolute atomic E-state index is 12.7. The molecule has 2 aromatic carbocycles. The van der Waals surface area contributed by atoms with Crippen molar-refractivity contribution in [1.82, 2.24) is 5.32 Å². The fourth-order valence-corrected chi connectivity index (χ4v) is 2.94. The highest BCUT2D eigenvalue weighted by Gasteiger charge is 2.21. The predicted octanol–water partition coefficient (Wildman–Crippen LogP) is 5.33. The second kappa shape index (κ2) is 9.65. The van der Waals surface area contributed by atoms with Crippen molar-refractivity contribution in [2.24, 2.45) is 5.92 Å². The molecule has 0 fully saturated rings. The van der Waals surface area contributed by atoms with E-state index < -0.39 is 6.10 Å².